The molecule has 1 N–H and O–H groups in total. The van der Waals surface area contributed by atoms with E-state index in [2.05, 4.69) is 4.72 Å². The van der Waals surface area contributed by atoms with Gasteiger partial charge in [-0.3, -0.25) is 9.59 Å². The Bertz CT molecular complexity index is 1230. The lowest BCUT2D eigenvalue weighted by Crippen LogP contribution is -2.58. The van der Waals surface area contributed by atoms with Gasteiger partial charge in [0.05, 0.1) is 26.0 Å². The number of hydrogen-bond acceptors (Lipinski definition) is 6. The van der Waals surface area contributed by atoms with Gasteiger partial charge >= 0.3 is 5.97 Å². The molecule has 36 heavy (non-hydrogen) atoms. The SMILES string of the molecule is CCOC(=O)[C@@H]1c2cc(OC)ccc2C(=O)N([C@H]2CCCC[C@@H]2NS(C)(=O)=O)[C@H]1c1ccc(Cl)cc1. The zero-order valence-electron chi connectivity index (χ0n) is 20.6. The van der Waals surface area contributed by atoms with Gasteiger partial charge in [-0.2, -0.15) is 0 Å². The largest absolute Gasteiger partial charge is 0.497 e. The normalized spacial score (nSPS) is 24.2. The maximum absolute atomic E-state index is 14.1. The number of rotatable bonds is 7. The molecule has 0 radical (unpaired) electrons. The molecular formula is C26H31ClN2O6S. The number of amides is 1. The summed E-state index contributed by atoms with van der Waals surface area (Å²) in [7, 11) is -2.00. The lowest BCUT2D eigenvalue weighted by molar-refractivity contribution is -0.147. The van der Waals surface area contributed by atoms with E-state index in [1.165, 1.54) is 7.11 Å². The van der Waals surface area contributed by atoms with Crippen LogP contribution in [0.15, 0.2) is 42.5 Å². The molecule has 1 saturated carbocycles. The van der Waals surface area contributed by atoms with Gasteiger partial charge in [0.15, 0.2) is 0 Å². The van der Waals surface area contributed by atoms with Crippen LogP contribution in [0, 0.1) is 0 Å². The van der Waals surface area contributed by atoms with Crippen LogP contribution in [-0.4, -0.2) is 57.3 Å². The summed E-state index contributed by atoms with van der Waals surface area (Å²) in [5, 5.41) is 0.525. The van der Waals surface area contributed by atoms with Crippen LogP contribution in [-0.2, 0) is 19.6 Å². The summed E-state index contributed by atoms with van der Waals surface area (Å²) in [5.74, 6) is -1.04. The Kier molecular flexibility index (Phi) is 7.92. The Hall–Kier alpha value is -2.62. The fourth-order valence-electron chi connectivity index (χ4n) is 5.43. The van der Waals surface area contributed by atoms with Crippen molar-refractivity contribution >= 4 is 33.5 Å². The molecule has 0 saturated heterocycles. The summed E-state index contributed by atoms with van der Waals surface area (Å²) >= 11 is 6.16. The van der Waals surface area contributed by atoms with Crippen LogP contribution >= 0.6 is 11.6 Å². The van der Waals surface area contributed by atoms with Crippen LogP contribution in [0.4, 0.5) is 0 Å². The van der Waals surface area contributed by atoms with E-state index in [1.54, 1.807) is 54.3 Å². The molecule has 2 aromatic carbocycles. The highest BCUT2D eigenvalue weighted by atomic mass is 35.5. The molecule has 0 spiro atoms. The minimum absolute atomic E-state index is 0.178. The fourth-order valence-corrected chi connectivity index (χ4v) is 6.38. The average molecular weight is 535 g/mol. The van der Waals surface area contributed by atoms with Crippen molar-refractivity contribution in [2.45, 2.75) is 56.7 Å². The molecule has 4 atom stereocenters. The van der Waals surface area contributed by atoms with Crippen LogP contribution in [0.25, 0.3) is 0 Å². The second-order valence-electron chi connectivity index (χ2n) is 9.24. The summed E-state index contributed by atoms with van der Waals surface area (Å²) < 4.78 is 38.1. The summed E-state index contributed by atoms with van der Waals surface area (Å²) in [5.41, 5.74) is 1.61. The second kappa shape index (κ2) is 10.8. The minimum atomic E-state index is -3.52. The van der Waals surface area contributed by atoms with Gasteiger partial charge < -0.3 is 14.4 Å². The number of benzene rings is 2. The predicted octanol–water partition coefficient (Wildman–Crippen LogP) is 4.05. The highest BCUT2D eigenvalue weighted by molar-refractivity contribution is 7.88. The number of halogens is 1. The summed E-state index contributed by atoms with van der Waals surface area (Å²) in [6, 6.07) is 10.4. The van der Waals surface area contributed by atoms with Crippen molar-refractivity contribution < 1.29 is 27.5 Å². The molecule has 10 heteroatoms. The first kappa shape index (κ1) is 26.4. The quantitative estimate of drug-likeness (QED) is 0.538. The van der Waals surface area contributed by atoms with E-state index < -0.39 is 40.0 Å². The summed E-state index contributed by atoms with van der Waals surface area (Å²) in [6.07, 6.45) is 3.99. The average Bonchev–Trinajstić information content (AvgIpc) is 2.84. The van der Waals surface area contributed by atoms with E-state index in [9.17, 15) is 18.0 Å². The van der Waals surface area contributed by atoms with Crippen molar-refractivity contribution in [2.24, 2.45) is 0 Å². The number of sulfonamides is 1. The highest BCUT2D eigenvalue weighted by Gasteiger charge is 2.49. The smallest absolute Gasteiger partial charge is 0.315 e. The summed E-state index contributed by atoms with van der Waals surface area (Å²) in [4.78, 5) is 29.3. The van der Waals surface area contributed by atoms with Gasteiger partial charge in [0.25, 0.3) is 5.91 Å². The van der Waals surface area contributed by atoms with E-state index in [0.717, 1.165) is 19.1 Å². The number of carbonyl (C=O) groups excluding carboxylic acids is 2. The third-order valence-corrected chi connectivity index (χ3v) is 7.86. The topological polar surface area (TPSA) is 102 Å². The molecule has 1 heterocycles. The van der Waals surface area contributed by atoms with E-state index >= 15 is 0 Å². The first-order chi connectivity index (χ1) is 17.1. The van der Waals surface area contributed by atoms with Gasteiger partial charge in [0, 0.05) is 22.7 Å². The molecule has 1 fully saturated rings. The zero-order valence-corrected chi connectivity index (χ0v) is 22.1. The van der Waals surface area contributed by atoms with Gasteiger partial charge in [0.1, 0.15) is 11.7 Å². The van der Waals surface area contributed by atoms with Crippen molar-refractivity contribution in [3.8, 4) is 5.75 Å². The first-order valence-electron chi connectivity index (χ1n) is 12.0. The lowest BCUT2D eigenvalue weighted by Gasteiger charge is -2.48. The van der Waals surface area contributed by atoms with E-state index in [-0.39, 0.29) is 12.5 Å². The summed E-state index contributed by atoms with van der Waals surface area (Å²) in [6.45, 7) is 1.91. The first-order valence-corrected chi connectivity index (χ1v) is 14.3. The molecule has 2 aromatic rings. The number of methoxy groups -OCH3 is 1. The highest BCUT2D eigenvalue weighted by Crippen LogP contribution is 2.47. The number of nitrogens with zero attached hydrogens (tertiary/aromatic N) is 1. The standard InChI is InChI=1S/C26H31ClN2O6S/c1-4-35-26(31)23-20-15-18(34-2)13-14-19(20)25(30)29(24(23)16-9-11-17(27)12-10-16)22-8-6-5-7-21(22)28-36(3,32)33/h9-15,21-24,28H,4-8H2,1-3H3/t21-,22-,23+,24-/m0/s1. The number of carbonyl (C=O) groups is 2. The van der Waals surface area contributed by atoms with Crippen molar-refractivity contribution in [1.29, 1.82) is 0 Å². The van der Waals surface area contributed by atoms with Crippen LogP contribution < -0.4 is 9.46 Å². The third-order valence-electron chi connectivity index (χ3n) is 6.88. The monoisotopic (exact) mass is 534 g/mol. The fraction of sp³-hybridized carbons (Fsp3) is 0.462. The van der Waals surface area contributed by atoms with Gasteiger partial charge in [0.2, 0.25) is 10.0 Å². The molecule has 194 valence electrons. The molecular weight excluding hydrogens is 504 g/mol. The lowest BCUT2D eigenvalue weighted by atomic mass is 9.77. The maximum Gasteiger partial charge on any atom is 0.315 e. The minimum Gasteiger partial charge on any atom is -0.497 e. The van der Waals surface area contributed by atoms with Gasteiger partial charge in [-0.1, -0.05) is 36.6 Å². The van der Waals surface area contributed by atoms with E-state index in [1.807, 2.05) is 0 Å². The Morgan fingerprint density at radius 3 is 2.47 bits per heavy atom. The number of ether oxygens (including phenoxy) is 2. The molecule has 1 aliphatic carbocycles. The number of hydrogen-bond donors (Lipinski definition) is 1. The predicted molar refractivity (Wildman–Crippen MR) is 137 cm³/mol. The van der Waals surface area contributed by atoms with Crippen molar-refractivity contribution in [3.05, 3.63) is 64.2 Å². The van der Waals surface area contributed by atoms with E-state index in [4.69, 9.17) is 21.1 Å². The zero-order chi connectivity index (χ0) is 26.0. The molecule has 0 unspecified atom stereocenters. The molecule has 0 bridgehead atoms. The molecule has 8 nitrogen and oxygen atoms in total. The van der Waals surface area contributed by atoms with Gasteiger partial charge in [-0.25, -0.2) is 13.1 Å². The molecule has 2 aliphatic rings. The van der Waals surface area contributed by atoms with Crippen molar-refractivity contribution in [2.75, 3.05) is 20.0 Å². The Balaban J connectivity index is 1.94. The van der Waals surface area contributed by atoms with Crippen LogP contribution in [0.3, 0.4) is 0 Å². The molecule has 1 amide bonds. The Morgan fingerprint density at radius 2 is 1.83 bits per heavy atom. The van der Waals surface area contributed by atoms with Gasteiger partial charge in [-0.05, 0) is 61.2 Å². The Morgan fingerprint density at radius 1 is 1.14 bits per heavy atom. The van der Waals surface area contributed by atoms with Crippen LogP contribution in [0.2, 0.25) is 5.02 Å². The van der Waals surface area contributed by atoms with Crippen LogP contribution in [0.5, 0.6) is 5.75 Å². The Labute approximate surface area is 217 Å². The van der Waals surface area contributed by atoms with Crippen molar-refractivity contribution in [1.82, 2.24) is 9.62 Å². The maximum atomic E-state index is 14.1. The van der Waals surface area contributed by atoms with Crippen LogP contribution in [0.1, 0.15) is 66.1 Å². The molecule has 4 rings (SSSR count). The van der Waals surface area contributed by atoms with E-state index in [0.29, 0.717) is 40.3 Å². The number of esters is 1. The van der Waals surface area contributed by atoms with Crippen molar-refractivity contribution in [3.63, 3.8) is 0 Å². The van der Waals surface area contributed by atoms with Gasteiger partial charge in [-0.15, -0.1) is 0 Å². The molecule has 1 aliphatic heterocycles. The third kappa shape index (κ3) is 5.38. The second-order valence-corrected chi connectivity index (χ2v) is 11.5. The number of fused-ring (bicyclic) bond motifs is 1. The number of nitrogens with one attached hydrogen (secondary N) is 1. The molecule has 0 aromatic heterocycles.